The molecule has 1 saturated heterocycles. The van der Waals surface area contributed by atoms with Gasteiger partial charge in [-0.1, -0.05) is 30.2 Å². The van der Waals surface area contributed by atoms with Crippen LogP contribution in [0.15, 0.2) is 52.7 Å². The zero-order valence-electron chi connectivity index (χ0n) is 19.4. The normalized spacial score (nSPS) is 14.6. The molecule has 7 nitrogen and oxygen atoms in total. The van der Waals surface area contributed by atoms with E-state index in [9.17, 15) is 13.2 Å². The SMILES string of the molecule is Cc1ccc(OCc2nc(CC(=O)Nc3cc(S(=O)(=O)N4CCCCC4)ccc3C)cs2)cc1. The number of hydrogen-bond donors (Lipinski definition) is 1. The molecule has 1 aromatic heterocycles. The van der Waals surface area contributed by atoms with E-state index in [1.807, 2.05) is 43.5 Å². The standard InChI is InChI=1S/C25H29N3O4S2/c1-18-6-9-21(10-7-18)32-16-25-26-20(17-33-25)14-24(29)27-23-15-22(11-8-19(23)2)34(30,31)28-12-4-3-5-13-28/h6-11,15,17H,3-5,12-14,16H2,1-2H3,(H,27,29). The highest BCUT2D eigenvalue weighted by atomic mass is 32.2. The molecule has 180 valence electrons. The first-order chi connectivity index (χ1) is 16.3. The first-order valence-corrected chi connectivity index (χ1v) is 13.7. The lowest BCUT2D eigenvalue weighted by Crippen LogP contribution is -2.35. The molecule has 0 atom stereocenters. The molecule has 1 aliphatic rings. The van der Waals surface area contributed by atoms with Gasteiger partial charge in [-0.2, -0.15) is 4.31 Å². The fraction of sp³-hybridized carbons (Fsp3) is 0.360. The first-order valence-electron chi connectivity index (χ1n) is 11.3. The molecule has 9 heteroatoms. The van der Waals surface area contributed by atoms with Crippen LogP contribution in [0.25, 0.3) is 0 Å². The highest BCUT2D eigenvalue weighted by molar-refractivity contribution is 7.89. The summed E-state index contributed by atoms with van der Waals surface area (Å²) in [4.78, 5) is 17.4. The van der Waals surface area contributed by atoms with Crippen LogP contribution in [0.4, 0.5) is 5.69 Å². The van der Waals surface area contributed by atoms with Crippen LogP contribution in [-0.4, -0.2) is 36.7 Å². The smallest absolute Gasteiger partial charge is 0.243 e. The number of aryl methyl sites for hydroxylation is 2. The molecule has 34 heavy (non-hydrogen) atoms. The molecule has 0 aliphatic carbocycles. The Balaban J connectivity index is 1.37. The summed E-state index contributed by atoms with van der Waals surface area (Å²) in [5.74, 6) is 0.530. The summed E-state index contributed by atoms with van der Waals surface area (Å²) < 4.78 is 33.3. The maximum absolute atomic E-state index is 13.0. The number of carbonyl (C=O) groups excluding carboxylic acids is 1. The Morgan fingerprint density at radius 3 is 2.56 bits per heavy atom. The van der Waals surface area contributed by atoms with Crippen molar-refractivity contribution in [1.29, 1.82) is 0 Å². The largest absolute Gasteiger partial charge is 0.486 e. The Morgan fingerprint density at radius 1 is 1.09 bits per heavy atom. The van der Waals surface area contributed by atoms with Crippen molar-refractivity contribution in [3.63, 3.8) is 0 Å². The van der Waals surface area contributed by atoms with E-state index in [-0.39, 0.29) is 17.2 Å². The molecule has 0 bridgehead atoms. The summed E-state index contributed by atoms with van der Waals surface area (Å²) >= 11 is 1.44. The minimum absolute atomic E-state index is 0.101. The van der Waals surface area contributed by atoms with Crippen LogP contribution >= 0.6 is 11.3 Å². The molecule has 2 aromatic carbocycles. The number of nitrogens with zero attached hydrogens (tertiary/aromatic N) is 2. The van der Waals surface area contributed by atoms with E-state index >= 15 is 0 Å². The summed E-state index contributed by atoms with van der Waals surface area (Å²) in [7, 11) is -3.57. The second kappa shape index (κ2) is 10.7. The van der Waals surface area contributed by atoms with Crippen molar-refractivity contribution in [2.75, 3.05) is 18.4 Å². The molecular weight excluding hydrogens is 470 g/mol. The van der Waals surface area contributed by atoms with E-state index in [0.29, 0.717) is 31.1 Å². The molecule has 1 amide bonds. The number of benzene rings is 2. The average Bonchev–Trinajstić information content (AvgIpc) is 3.27. The van der Waals surface area contributed by atoms with Crippen LogP contribution in [0, 0.1) is 13.8 Å². The van der Waals surface area contributed by atoms with Gasteiger partial charge >= 0.3 is 0 Å². The van der Waals surface area contributed by atoms with E-state index < -0.39 is 10.0 Å². The quantitative estimate of drug-likeness (QED) is 0.486. The Bertz CT molecular complexity index is 1250. The summed E-state index contributed by atoms with van der Waals surface area (Å²) in [6.07, 6.45) is 2.90. The maximum atomic E-state index is 13.0. The lowest BCUT2D eigenvalue weighted by molar-refractivity contribution is -0.115. The lowest BCUT2D eigenvalue weighted by Gasteiger charge is -2.26. The van der Waals surface area contributed by atoms with Gasteiger partial charge in [-0.25, -0.2) is 13.4 Å². The first kappa shape index (κ1) is 24.4. The summed E-state index contributed by atoms with van der Waals surface area (Å²) in [6.45, 7) is 5.28. The van der Waals surface area contributed by atoms with Crippen LogP contribution in [0.3, 0.4) is 0 Å². The van der Waals surface area contributed by atoms with Gasteiger partial charge < -0.3 is 10.1 Å². The third kappa shape index (κ3) is 6.02. The molecule has 2 heterocycles. The molecule has 1 N–H and O–H groups in total. The molecule has 0 spiro atoms. The molecule has 0 unspecified atom stereocenters. The minimum atomic E-state index is -3.57. The number of amides is 1. The van der Waals surface area contributed by atoms with Crippen molar-refractivity contribution in [3.8, 4) is 5.75 Å². The molecule has 0 saturated carbocycles. The van der Waals surface area contributed by atoms with E-state index in [0.717, 1.165) is 35.6 Å². The number of rotatable bonds is 8. The van der Waals surface area contributed by atoms with E-state index in [1.54, 1.807) is 18.2 Å². The van der Waals surface area contributed by atoms with E-state index in [4.69, 9.17) is 4.74 Å². The topological polar surface area (TPSA) is 88.6 Å². The Kier molecular flexibility index (Phi) is 7.65. The number of anilines is 1. The van der Waals surface area contributed by atoms with Gasteiger partial charge in [-0.15, -0.1) is 11.3 Å². The number of aromatic nitrogens is 1. The Hall–Kier alpha value is -2.75. The predicted octanol–water partition coefficient (Wildman–Crippen LogP) is 4.69. The van der Waals surface area contributed by atoms with Gasteiger partial charge in [0.25, 0.3) is 0 Å². The van der Waals surface area contributed by atoms with E-state index in [2.05, 4.69) is 10.3 Å². The molecule has 3 aromatic rings. The Labute approximate surface area is 204 Å². The molecular formula is C25H29N3O4S2. The highest BCUT2D eigenvalue weighted by Crippen LogP contribution is 2.25. The van der Waals surface area contributed by atoms with Crippen molar-refractivity contribution < 1.29 is 17.9 Å². The van der Waals surface area contributed by atoms with Gasteiger partial charge in [-0.05, 0) is 56.5 Å². The fourth-order valence-corrected chi connectivity index (χ4v) is 6.03. The third-order valence-corrected chi connectivity index (χ3v) is 8.53. The van der Waals surface area contributed by atoms with Gasteiger partial charge in [0.2, 0.25) is 15.9 Å². The third-order valence-electron chi connectivity index (χ3n) is 5.76. The minimum Gasteiger partial charge on any atom is -0.486 e. The van der Waals surface area contributed by atoms with Gasteiger partial charge in [0.1, 0.15) is 17.4 Å². The summed E-state index contributed by atoms with van der Waals surface area (Å²) in [6, 6.07) is 12.7. The van der Waals surface area contributed by atoms with Crippen molar-refractivity contribution >= 4 is 33.0 Å². The van der Waals surface area contributed by atoms with Gasteiger partial charge in [0.15, 0.2) is 0 Å². The zero-order chi connectivity index (χ0) is 24.1. The number of ether oxygens (including phenoxy) is 1. The second-order valence-electron chi connectivity index (χ2n) is 8.50. The predicted molar refractivity (Wildman–Crippen MR) is 134 cm³/mol. The summed E-state index contributed by atoms with van der Waals surface area (Å²) in [5.41, 5.74) is 3.12. The van der Waals surface area contributed by atoms with Crippen molar-refractivity contribution in [1.82, 2.24) is 9.29 Å². The highest BCUT2D eigenvalue weighted by Gasteiger charge is 2.26. The maximum Gasteiger partial charge on any atom is 0.243 e. The van der Waals surface area contributed by atoms with Crippen molar-refractivity contribution in [2.24, 2.45) is 0 Å². The second-order valence-corrected chi connectivity index (χ2v) is 11.4. The molecule has 0 radical (unpaired) electrons. The summed E-state index contributed by atoms with van der Waals surface area (Å²) in [5, 5.41) is 5.49. The number of piperidine rings is 1. The number of hydrogen-bond acceptors (Lipinski definition) is 6. The Morgan fingerprint density at radius 2 is 1.82 bits per heavy atom. The zero-order valence-corrected chi connectivity index (χ0v) is 21.0. The van der Waals surface area contributed by atoms with E-state index in [1.165, 1.54) is 21.2 Å². The number of carbonyl (C=O) groups is 1. The van der Waals surface area contributed by atoms with Crippen LogP contribution in [0.1, 0.15) is 41.1 Å². The van der Waals surface area contributed by atoms with Gasteiger partial charge in [0, 0.05) is 24.2 Å². The lowest BCUT2D eigenvalue weighted by atomic mass is 10.2. The monoisotopic (exact) mass is 499 g/mol. The molecule has 1 fully saturated rings. The van der Waals surface area contributed by atoms with Gasteiger partial charge in [-0.3, -0.25) is 4.79 Å². The molecule has 1 aliphatic heterocycles. The number of thiazole rings is 1. The fourth-order valence-electron chi connectivity index (χ4n) is 3.79. The van der Waals surface area contributed by atoms with Crippen molar-refractivity contribution in [3.05, 3.63) is 69.7 Å². The van der Waals surface area contributed by atoms with Crippen LogP contribution in [0.2, 0.25) is 0 Å². The van der Waals surface area contributed by atoms with Crippen LogP contribution < -0.4 is 10.1 Å². The average molecular weight is 500 g/mol. The van der Waals surface area contributed by atoms with Crippen LogP contribution in [0.5, 0.6) is 5.75 Å². The number of nitrogens with one attached hydrogen (secondary N) is 1. The van der Waals surface area contributed by atoms with Crippen molar-refractivity contribution in [2.45, 2.75) is 51.0 Å². The number of sulfonamides is 1. The molecule has 4 rings (SSSR count). The van der Waals surface area contributed by atoms with Crippen LogP contribution in [-0.2, 0) is 27.8 Å². The van der Waals surface area contributed by atoms with Gasteiger partial charge in [0.05, 0.1) is 17.0 Å².